The first-order valence-electron chi connectivity index (χ1n) is 6.87. The average molecular weight is 290 g/mol. The minimum absolute atomic E-state index is 0.0569. The first-order valence-corrected chi connectivity index (χ1v) is 7.75. The first-order chi connectivity index (χ1) is 9.67. The Balaban J connectivity index is 2.38. The van der Waals surface area contributed by atoms with Crippen molar-refractivity contribution < 1.29 is 4.74 Å². The zero-order valence-corrected chi connectivity index (χ0v) is 13.1. The molecular formula is C16H22N2OS. The summed E-state index contributed by atoms with van der Waals surface area (Å²) in [6, 6.07) is 10.3. The van der Waals surface area contributed by atoms with E-state index < -0.39 is 0 Å². The van der Waals surface area contributed by atoms with Crippen LogP contribution in [0, 0.1) is 0 Å². The molecule has 0 spiro atoms. The molecule has 0 saturated carbocycles. The van der Waals surface area contributed by atoms with Crippen LogP contribution in [0.5, 0.6) is 5.75 Å². The highest BCUT2D eigenvalue weighted by Crippen LogP contribution is 2.34. The minimum Gasteiger partial charge on any atom is -0.496 e. The highest BCUT2D eigenvalue weighted by atomic mass is 32.1. The van der Waals surface area contributed by atoms with Gasteiger partial charge in [0.05, 0.1) is 13.7 Å². The van der Waals surface area contributed by atoms with E-state index in [2.05, 4.69) is 35.4 Å². The maximum atomic E-state index is 6.15. The van der Waals surface area contributed by atoms with E-state index in [1.165, 1.54) is 4.88 Å². The van der Waals surface area contributed by atoms with Crippen molar-refractivity contribution in [2.45, 2.75) is 26.4 Å². The lowest BCUT2D eigenvalue weighted by Gasteiger charge is -2.27. The molecule has 0 amide bonds. The zero-order chi connectivity index (χ0) is 14.5. The fourth-order valence-corrected chi connectivity index (χ4v) is 3.12. The van der Waals surface area contributed by atoms with Gasteiger partial charge in [0.25, 0.3) is 0 Å². The van der Waals surface area contributed by atoms with E-state index in [1.54, 1.807) is 18.4 Å². The summed E-state index contributed by atoms with van der Waals surface area (Å²) in [4.78, 5) is 3.69. The molecule has 1 aromatic carbocycles. The number of ether oxygens (including phenoxy) is 1. The van der Waals surface area contributed by atoms with Gasteiger partial charge in [-0.3, -0.25) is 0 Å². The quantitative estimate of drug-likeness (QED) is 0.879. The highest BCUT2D eigenvalue weighted by molar-refractivity contribution is 7.09. The van der Waals surface area contributed by atoms with E-state index in [1.807, 2.05) is 19.1 Å². The van der Waals surface area contributed by atoms with Crippen LogP contribution in [0.15, 0.2) is 35.7 Å². The van der Waals surface area contributed by atoms with Crippen LogP contribution in [-0.4, -0.2) is 13.7 Å². The Morgan fingerprint density at radius 3 is 2.65 bits per heavy atom. The SMILES string of the molecule is CCN(Cc1cccs1)c1cccc(OC)c1C(C)N. The van der Waals surface area contributed by atoms with Gasteiger partial charge in [-0.15, -0.1) is 11.3 Å². The molecule has 1 atom stereocenters. The van der Waals surface area contributed by atoms with Gasteiger partial charge in [-0.05, 0) is 37.4 Å². The predicted molar refractivity (Wildman–Crippen MR) is 86.6 cm³/mol. The van der Waals surface area contributed by atoms with E-state index in [0.717, 1.165) is 30.1 Å². The van der Waals surface area contributed by atoms with Crippen molar-refractivity contribution >= 4 is 17.0 Å². The molecular weight excluding hydrogens is 268 g/mol. The molecule has 0 bridgehead atoms. The fourth-order valence-electron chi connectivity index (χ4n) is 2.40. The third-order valence-electron chi connectivity index (χ3n) is 3.37. The third kappa shape index (κ3) is 3.14. The number of benzene rings is 1. The van der Waals surface area contributed by atoms with Crippen molar-refractivity contribution in [3.05, 3.63) is 46.2 Å². The lowest BCUT2D eigenvalue weighted by atomic mass is 10.0. The second kappa shape index (κ2) is 6.77. The Bertz CT molecular complexity index is 537. The highest BCUT2D eigenvalue weighted by Gasteiger charge is 2.17. The van der Waals surface area contributed by atoms with Crippen LogP contribution in [0.1, 0.15) is 30.3 Å². The summed E-state index contributed by atoms with van der Waals surface area (Å²) in [6.45, 7) is 6.00. The normalized spacial score (nSPS) is 12.2. The summed E-state index contributed by atoms with van der Waals surface area (Å²) >= 11 is 1.78. The van der Waals surface area contributed by atoms with Gasteiger partial charge in [0.15, 0.2) is 0 Å². The number of thiophene rings is 1. The molecule has 0 radical (unpaired) electrons. The number of rotatable bonds is 6. The summed E-state index contributed by atoms with van der Waals surface area (Å²) in [5.74, 6) is 0.863. The lowest BCUT2D eigenvalue weighted by molar-refractivity contribution is 0.407. The van der Waals surface area contributed by atoms with Gasteiger partial charge in [0.2, 0.25) is 0 Å². The van der Waals surface area contributed by atoms with Crippen molar-refractivity contribution in [1.29, 1.82) is 0 Å². The zero-order valence-electron chi connectivity index (χ0n) is 12.3. The second-order valence-electron chi connectivity index (χ2n) is 4.78. The standard InChI is InChI=1S/C16H22N2OS/c1-4-18(11-13-7-6-10-20-13)14-8-5-9-15(19-3)16(14)12(2)17/h5-10,12H,4,11,17H2,1-3H3. The van der Waals surface area contributed by atoms with Crippen LogP contribution in [0.4, 0.5) is 5.69 Å². The van der Waals surface area contributed by atoms with Gasteiger partial charge in [0, 0.05) is 28.7 Å². The molecule has 1 unspecified atom stereocenters. The first kappa shape index (κ1) is 14.9. The van der Waals surface area contributed by atoms with Gasteiger partial charge in [0.1, 0.15) is 5.75 Å². The van der Waals surface area contributed by atoms with Crippen LogP contribution in [0.25, 0.3) is 0 Å². The van der Waals surface area contributed by atoms with E-state index in [9.17, 15) is 0 Å². The van der Waals surface area contributed by atoms with E-state index in [-0.39, 0.29) is 6.04 Å². The van der Waals surface area contributed by atoms with Crippen molar-refractivity contribution in [3.63, 3.8) is 0 Å². The molecule has 0 aliphatic carbocycles. The van der Waals surface area contributed by atoms with E-state index in [0.29, 0.717) is 0 Å². The van der Waals surface area contributed by atoms with Crippen molar-refractivity contribution in [2.75, 3.05) is 18.6 Å². The van der Waals surface area contributed by atoms with Crippen LogP contribution in [0.3, 0.4) is 0 Å². The van der Waals surface area contributed by atoms with Crippen molar-refractivity contribution in [3.8, 4) is 5.75 Å². The summed E-state index contributed by atoms with van der Waals surface area (Å²) in [5.41, 5.74) is 8.39. The number of anilines is 1. The third-order valence-corrected chi connectivity index (χ3v) is 4.23. The Labute approximate surface area is 125 Å². The van der Waals surface area contributed by atoms with Crippen molar-refractivity contribution in [2.24, 2.45) is 5.73 Å². The number of nitrogens with two attached hydrogens (primary N) is 1. The van der Waals surface area contributed by atoms with Crippen LogP contribution in [-0.2, 0) is 6.54 Å². The molecule has 1 heterocycles. The van der Waals surface area contributed by atoms with Crippen LogP contribution >= 0.6 is 11.3 Å². The fraction of sp³-hybridized carbons (Fsp3) is 0.375. The number of hydrogen-bond acceptors (Lipinski definition) is 4. The Morgan fingerprint density at radius 1 is 1.30 bits per heavy atom. The molecule has 2 N–H and O–H groups in total. The van der Waals surface area contributed by atoms with Gasteiger partial charge in [-0.2, -0.15) is 0 Å². The number of nitrogens with zero attached hydrogens (tertiary/aromatic N) is 1. The molecule has 2 rings (SSSR count). The van der Waals surface area contributed by atoms with Gasteiger partial charge < -0.3 is 15.4 Å². The molecule has 3 nitrogen and oxygen atoms in total. The van der Waals surface area contributed by atoms with Gasteiger partial charge in [-0.1, -0.05) is 12.1 Å². The maximum Gasteiger partial charge on any atom is 0.125 e. The largest absolute Gasteiger partial charge is 0.496 e. The second-order valence-corrected chi connectivity index (χ2v) is 5.81. The molecule has 1 aromatic heterocycles. The van der Waals surface area contributed by atoms with Gasteiger partial charge in [-0.25, -0.2) is 0 Å². The van der Waals surface area contributed by atoms with Crippen LogP contribution < -0.4 is 15.4 Å². The van der Waals surface area contributed by atoms with E-state index >= 15 is 0 Å². The summed E-state index contributed by atoms with van der Waals surface area (Å²) in [5, 5.41) is 2.11. The molecule has 4 heteroatoms. The smallest absolute Gasteiger partial charge is 0.125 e. The Kier molecular flexibility index (Phi) is 5.04. The Hall–Kier alpha value is -1.52. The molecule has 0 aliphatic rings. The van der Waals surface area contributed by atoms with E-state index in [4.69, 9.17) is 10.5 Å². The predicted octanol–water partition coefficient (Wildman–Crippen LogP) is 3.80. The van der Waals surface area contributed by atoms with Crippen LogP contribution in [0.2, 0.25) is 0 Å². The molecule has 20 heavy (non-hydrogen) atoms. The number of methoxy groups -OCH3 is 1. The minimum atomic E-state index is -0.0569. The monoisotopic (exact) mass is 290 g/mol. The molecule has 0 fully saturated rings. The molecule has 0 aliphatic heterocycles. The molecule has 0 saturated heterocycles. The maximum absolute atomic E-state index is 6.15. The summed E-state index contributed by atoms with van der Waals surface area (Å²) in [6.07, 6.45) is 0. The average Bonchev–Trinajstić information content (AvgIpc) is 2.96. The molecule has 2 aromatic rings. The Morgan fingerprint density at radius 2 is 2.10 bits per heavy atom. The number of hydrogen-bond donors (Lipinski definition) is 1. The summed E-state index contributed by atoms with van der Waals surface area (Å²) < 4.78 is 5.47. The van der Waals surface area contributed by atoms with Crippen molar-refractivity contribution in [1.82, 2.24) is 0 Å². The topological polar surface area (TPSA) is 38.5 Å². The van der Waals surface area contributed by atoms with Gasteiger partial charge >= 0.3 is 0 Å². The summed E-state index contributed by atoms with van der Waals surface area (Å²) in [7, 11) is 1.69. The lowest BCUT2D eigenvalue weighted by Crippen LogP contribution is -2.24. The molecule has 108 valence electrons.